The first-order chi connectivity index (χ1) is 4.45. The Morgan fingerprint density at radius 3 is 2.89 bits per heavy atom. The summed E-state index contributed by atoms with van der Waals surface area (Å²) in [6, 6.07) is 0. The van der Waals surface area contributed by atoms with E-state index in [0.29, 0.717) is 12.2 Å². The topological polar surface area (TPSA) is 18.5 Å². The van der Waals surface area contributed by atoms with Crippen molar-refractivity contribution in [1.29, 1.82) is 0 Å². The molecule has 0 aliphatic carbocycles. The Hall–Kier alpha value is -0.0800. The van der Waals surface area contributed by atoms with Gasteiger partial charge in [0.25, 0.3) is 0 Å². The Labute approximate surface area is 55.1 Å². The SMILES string of the molecule is C1CC2CCC(CO1)O2. The minimum absolute atomic E-state index is 0.428. The van der Waals surface area contributed by atoms with Crippen molar-refractivity contribution in [3.05, 3.63) is 0 Å². The van der Waals surface area contributed by atoms with Crippen molar-refractivity contribution >= 4 is 0 Å². The predicted octanol–water partition coefficient (Wildman–Crippen LogP) is 0.954. The van der Waals surface area contributed by atoms with E-state index >= 15 is 0 Å². The summed E-state index contributed by atoms with van der Waals surface area (Å²) >= 11 is 0. The lowest BCUT2D eigenvalue weighted by atomic mass is 10.1. The second-order valence-electron chi connectivity index (χ2n) is 2.82. The Balaban J connectivity index is 1.99. The van der Waals surface area contributed by atoms with E-state index < -0.39 is 0 Å². The Morgan fingerprint density at radius 2 is 1.89 bits per heavy atom. The van der Waals surface area contributed by atoms with Gasteiger partial charge in [0.05, 0.1) is 18.8 Å². The zero-order valence-electron chi connectivity index (χ0n) is 5.51. The molecule has 2 bridgehead atoms. The molecule has 9 heavy (non-hydrogen) atoms. The number of hydrogen-bond donors (Lipinski definition) is 0. The molecule has 0 aromatic rings. The van der Waals surface area contributed by atoms with E-state index in [9.17, 15) is 0 Å². The largest absolute Gasteiger partial charge is 0.379 e. The van der Waals surface area contributed by atoms with Crippen LogP contribution in [0.4, 0.5) is 0 Å². The first-order valence-corrected chi connectivity index (χ1v) is 3.68. The second kappa shape index (κ2) is 2.27. The van der Waals surface area contributed by atoms with Crippen LogP contribution in [-0.4, -0.2) is 25.4 Å². The van der Waals surface area contributed by atoms with Crippen LogP contribution in [0.15, 0.2) is 0 Å². The van der Waals surface area contributed by atoms with E-state index in [-0.39, 0.29) is 0 Å². The van der Waals surface area contributed by atoms with Gasteiger partial charge in [0, 0.05) is 6.61 Å². The van der Waals surface area contributed by atoms with Gasteiger partial charge in [0.1, 0.15) is 0 Å². The van der Waals surface area contributed by atoms with Gasteiger partial charge in [-0.3, -0.25) is 0 Å². The Morgan fingerprint density at radius 1 is 1.00 bits per heavy atom. The molecule has 2 atom stereocenters. The highest BCUT2D eigenvalue weighted by Gasteiger charge is 2.27. The molecule has 0 amide bonds. The third-order valence-electron chi connectivity index (χ3n) is 2.08. The monoisotopic (exact) mass is 128 g/mol. The fourth-order valence-corrected chi connectivity index (χ4v) is 1.54. The lowest BCUT2D eigenvalue weighted by molar-refractivity contribution is 0.0313. The molecule has 2 nitrogen and oxygen atoms in total. The highest BCUT2D eigenvalue weighted by Crippen LogP contribution is 2.24. The third-order valence-corrected chi connectivity index (χ3v) is 2.08. The minimum atomic E-state index is 0.428. The quantitative estimate of drug-likeness (QED) is 0.483. The molecule has 0 N–H and O–H groups in total. The molecular weight excluding hydrogens is 116 g/mol. The molecule has 2 saturated heterocycles. The fourth-order valence-electron chi connectivity index (χ4n) is 1.54. The van der Waals surface area contributed by atoms with Gasteiger partial charge in [-0.1, -0.05) is 0 Å². The Kier molecular flexibility index (Phi) is 1.44. The van der Waals surface area contributed by atoms with Crippen molar-refractivity contribution in [2.45, 2.75) is 31.5 Å². The lowest BCUT2D eigenvalue weighted by Gasteiger charge is -2.04. The standard InChI is InChI=1S/C7H12O2/c1-2-7-5-8-4-3-6(1)9-7/h6-7H,1-5H2. The molecule has 2 fully saturated rings. The van der Waals surface area contributed by atoms with Crippen molar-refractivity contribution in [3.8, 4) is 0 Å². The van der Waals surface area contributed by atoms with Gasteiger partial charge in [-0.25, -0.2) is 0 Å². The average Bonchev–Trinajstić information content (AvgIpc) is 2.09. The van der Waals surface area contributed by atoms with Crippen LogP contribution in [0.3, 0.4) is 0 Å². The van der Waals surface area contributed by atoms with Crippen LogP contribution >= 0.6 is 0 Å². The third kappa shape index (κ3) is 1.10. The van der Waals surface area contributed by atoms with E-state index in [1.807, 2.05) is 0 Å². The highest BCUT2D eigenvalue weighted by molar-refractivity contribution is 4.75. The number of rotatable bonds is 0. The molecule has 2 heterocycles. The van der Waals surface area contributed by atoms with Gasteiger partial charge in [-0.15, -0.1) is 0 Å². The molecule has 0 radical (unpaired) electrons. The van der Waals surface area contributed by atoms with Crippen LogP contribution in [0.5, 0.6) is 0 Å². The van der Waals surface area contributed by atoms with Gasteiger partial charge in [0.15, 0.2) is 0 Å². The van der Waals surface area contributed by atoms with Gasteiger partial charge < -0.3 is 9.47 Å². The van der Waals surface area contributed by atoms with Gasteiger partial charge in [-0.05, 0) is 19.3 Å². The molecule has 2 aliphatic heterocycles. The maximum absolute atomic E-state index is 5.60. The van der Waals surface area contributed by atoms with Crippen molar-refractivity contribution < 1.29 is 9.47 Å². The van der Waals surface area contributed by atoms with Crippen molar-refractivity contribution in [2.75, 3.05) is 13.2 Å². The van der Waals surface area contributed by atoms with E-state index in [1.165, 1.54) is 12.8 Å². The van der Waals surface area contributed by atoms with E-state index in [4.69, 9.17) is 9.47 Å². The van der Waals surface area contributed by atoms with Crippen LogP contribution in [0.1, 0.15) is 19.3 Å². The molecule has 0 saturated carbocycles. The second-order valence-corrected chi connectivity index (χ2v) is 2.82. The van der Waals surface area contributed by atoms with Gasteiger partial charge in [0.2, 0.25) is 0 Å². The minimum Gasteiger partial charge on any atom is -0.379 e. The van der Waals surface area contributed by atoms with Crippen LogP contribution < -0.4 is 0 Å². The van der Waals surface area contributed by atoms with Crippen molar-refractivity contribution in [1.82, 2.24) is 0 Å². The van der Waals surface area contributed by atoms with Crippen LogP contribution in [0.25, 0.3) is 0 Å². The summed E-state index contributed by atoms with van der Waals surface area (Å²) in [4.78, 5) is 0. The normalized spacial score (nSPS) is 42.7. The molecule has 0 spiro atoms. The molecule has 2 aliphatic rings. The van der Waals surface area contributed by atoms with Crippen LogP contribution in [0, 0.1) is 0 Å². The maximum atomic E-state index is 5.60. The van der Waals surface area contributed by atoms with Crippen LogP contribution in [0.2, 0.25) is 0 Å². The molecule has 2 rings (SSSR count). The number of hydrogen-bond acceptors (Lipinski definition) is 2. The zero-order valence-corrected chi connectivity index (χ0v) is 5.51. The van der Waals surface area contributed by atoms with E-state index in [1.54, 1.807) is 0 Å². The molecule has 2 heteroatoms. The summed E-state index contributed by atoms with van der Waals surface area (Å²) < 4.78 is 10.9. The summed E-state index contributed by atoms with van der Waals surface area (Å²) in [7, 11) is 0. The smallest absolute Gasteiger partial charge is 0.0813 e. The lowest BCUT2D eigenvalue weighted by Crippen LogP contribution is -2.11. The van der Waals surface area contributed by atoms with Crippen molar-refractivity contribution in [2.24, 2.45) is 0 Å². The van der Waals surface area contributed by atoms with E-state index in [0.717, 1.165) is 19.6 Å². The fraction of sp³-hybridized carbons (Fsp3) is 1.00. The zero-order chi connectivity index (χ0) is 6.10. The van der Waals surface area contributed by atoms with Gasteiger partial charge in [-0.2, -0.15) is 0 Å². The summed E-state index contributed by atoms with van der Waals surface area (Å²) in [5, 5.41) is 0. The summed E-state index contributed by atoms with van der Waals surface area (Å²) in [5.41, 5.74) is 0. The predicted molar refractivity (Wildman–Crippen MR) is 33.3 cm³/mol. The molecule has 2 unspecified atom stereocenters. The molecule has 0 aromatic carbocycles. The molecule has 0 aromatic heterocycles. The summed E-state index contributed by atoms with van der Waals surface area (Å²) in [6.07, 6.45) is 4.53. The Bertz CT molecular complexity index is 91.1. The summed E-state index contributed by atoms with van der Waals surface area (Å²) in [6.45, 7) is 1.73. The first kappa shape index (κ1) is 5.69. The average molecular weight is 128 g/mol. The van der Waals surface area contributed by atoms with Crippen molar-refractivity contribution in [3.63, 3.8) is 0 Å². The number of ether oxygens (including phenoxy) is 2. The van der Waals surface area contributed by atoms with Gasteiger partial charge >= 0.3 is 0 Å². The maximum Gasteiger partial charge on any atom is 0.0813 e. The summed E-state index contributed by atoms with van der Waals surface area (Å²) in [5.74, 6) is 0. The van der Waals surface area contributed by atoms with E-state index in [2.05, 4.69) is 0 Å². The van der Waals surface area contributed by atoms with Crippen LogP contribution in [-0.2, 0) is 9.47 Å². The first-order valence-electron chi connectivity index (χ1n) is 3.68. The molecular formula is C7H12O2. The molecule has 52 valence electrons. The number of fused-ring (bicyclic) bond motifs is 2. The highest BCUT2D eigenvalue weighted by atomic mass is 16.6.